The third-order valence-electron chi connectivity index (χ3n) is 4.64. The highest BCUT2D eigenvalue weighted by atomic mass is 79.9. The predicted molar refractivity (Wildman–Crippen MR) is 116 cm³/mol. The number of hydrogen-bond donors (Lipinski definition) is 1. The van der Waals surface area contributed by atoms with Crippen LogP contribution in [0.5, 0.6) is 0 Å². The van der Waals surface area contributed by atoms with Crippen molar-refractivity contribution in [2.24, 2.45) is 0 Å². The van der Waals surface area contributed by atoms with E-state index in [-0.39, 0.29) is 0 Å². The minimum absolute atomic E-state index is 0.600. The molecule has 8 heteroatoms. The van der Waals surface area contributed by atoms with Gasteiger partial charge in [-0.2, -0.15) is 0 Å². The molecule has 6 nitrogen and oxygen atoms in total. The Hall–Kier alpha value is -2.55. The number of halogens is 1. The minimum atomic E-state index is 0.600. The van der Waals surface area contributed by atoms with E-state index in [1.165, 1.54) is 4.70 Å². The molecule has 0 bridgehead atoms. The zero-order chi connectivity index (χ0) is 19.1. The molecule has 0 spiro atoms. The van der Waals surface area contributed by atoms with E-state index in [0.717, 1.165) is 43.9 Å². The number of ether oxygens (including phenoxy) is 1. The Morgan fingerprint density at radius 1 is 1.14 bits per heavy atom. The summed E-state index contributed by atoms with van der Waals surface area (Å²) in [5, 5.41) is 0. The standard InChI is InChI=1S/C20H16BrN5OS/c1-27-7-6-26-17-9-13(21)3-4-14(17)25-20(26)16-10-22-19(24-16)12-2-5-18-15(8-12)23-11-28-18/h2-5,8-11H,6-7H2,1H3,(H,22,24). The number of aromatic amines is 1. The van der Waals surface area contributed by atoms with Gasteiger partial charge in [0.25, 0.3) is 0 Å². The number of thiazole rings is 1. The first-order chi connectivity index (χ1) is 13.7. The Labute approximate surface area is 173 Å². The summed E-state index contributed by atoms with van der Waals surface area (Å²) in [6, 6.07) is 12.3. The van der Waals surface area contributed by atoms with Crippen molar-refractivity contribution >= 4 is 48.5 Å². The molecular formula is C20H16BrN5OS. The van der Waals surface area contributed by atoms with E-state index in [1.54, 1.807) is 18.4 Å². The van der Waals surface area contributed by atoms with Gasteiger partial charge in [-0.05, 0) is 36.4 Å². The van der Waals surface area contributed by atoms with Crippen LogP contribution in [0, 0.1) is 0 Å². The molecule has 0 aliphatic heterocycles. The molecule has 0 atom stereocenters. The van der Waals surface area contributed by atoms with Gasteiger partial charge in [0.1, 0.15) is 11.5 Å². The summed E-state index contributed by atoms with van der Waals surface area (Å²) in [4.78, 5) is 17.3. The van der Waals surface area contributed by atoms with Crippen molar-refractivity contribution < 1.29 is 4.74 Å². The summed E-state index contributed by atoms with van der Waals surface area (Å²) in [7, 11) is 1.70. The average molecular weight is 454 g/mol. The van der Waals surface area contributed by atoms with Crippen LogP contribution in [0.25, 0.3) is 44.2 Å². The molecule has 3 aromatic heterocycles. The van der Waals surface area contributed by atoms with Crippen molar-refractivity contribution in [3.63, 3.8) is 0 Å². The molecule has 5 rings (SSSR count). The summed E-state index contributed by atoms with van der Waals surface area (Å²) >= 11 is 5.19. The van der Waals surface area contributed by atoms with E-state index >= 15 is 0 Å². The maximum atomic E-state index is 5.30. The first-order valence-electron chi connectivity index (χ1n) is 8.77. The lowest BCUT2D eigenvalue weighted by atomic mass is 10.2. The van der Waals surface area contributed by atoms with Crippen LogP contribution in [0.4, 0.5) is 0 Å². The molecule has 0 amide bonds. The molecule has 5 aromatic rings. The molecule has 28 heavy (non-hydrogen) atoms. The summed E-state index contributed by atoms with van der Waals surface area (Å²) in [6.07, 6.45) is 1.90. The van der Waals surface area contributed by atoms with Crippen molar-refractivity contribution in [1.29, 1.82) is 0 Å². The molecule has 3 heterocycles. The lowest BCUT2D eigenvalue weighted by molar-refractivity contribution is 0.188. The van der Waals surface area contributed by atoms with Crippen LogP contribution < -0.4 is 0 Å². The molecule has 0 fully saturated rings. The second-order valence-corrected chi connectivity index (χ2v) is 8.18. The molecule has 0 saturated heterocycles. The van der Waals surface area contributed by atoms with Crippen molar-refractivity contribution in [2.75, 3.05) is 13.7 Å². The lowest BCUT2D eigenvalue weighted by Crippen LogP contribution is -2.06. The molecule has 0 saturated carbocycles. The number of benzene rings is 2. The summed E-state index contributed by atoms with van der Waals surface area (Å²) in [5.41, 5.74) is 6.64. The van der Waals surface area contributed by atoms with Gasteiger partial charge in [0, 0.05) is 29.9 Å². The number of aromatic nitrogens is 5. The third kappa shape index (κ3) is 3.03. The zero-order valence-corrected chi connectivity index (χ0v) is 17.4. The first-order valence-corrected chi connectivity index (χ1v) is 10.4. The second-order valence-electron chi connectivity index (χ2n) is 6.38. The Morgan fingerprint density at radius 2 is 2.07 bits per heavy atom. The maximum absolute atomic E-state index is 5.30. The Morgan fingerprint density at radius 3 is 2.96 bits per heavy atom. The number of fused-ring (bicyclic) bond motifs is 2. The van der Waals surface area contributed by atoms with Gasteiger partial charge in [-0.3, -0.25) is 0 Å². The highest BCUT2D eigenvalue weighted by Gasteiger charge is 2.16. The van der Waals surface area contributed by atoms with Crippen LogP contribution in [-0.4, -0.2) is 38.2 Å². The van der Waals surface area contributed by atoms with E-state index < -0.39 is 0 Å². The van der Waals surface area contributed by atoms with Gasteiger partial charge in [0.05, 0.1) is 33.4 Å². The quantitative estimate of drug-likeness (QED) is 0.401. The molecule has 1 N–H and O–H groups in total. The fourth-order valence-electron chi connectivity index (χ4n) is 3.29. The Bertz CT molecular complexity index is 1290. The van der Waals surface area contributed by atoms with Gasteiger partial charge < -0.3 is 14.3 Å². The van der Waals surface area contributed by atoms with Crippen molar-refractivity contribution in [1.82, 2.24) is 24.5 Å². The fourth-order valence-corrected chi connectivity index (χ4v) is 4.30. The SMILES string of the molecule is COCCn1c(-c2c[nH]c(-c3ccc4scnc4c3)n2)nc2ccc(Br)cc21. The Balaban J connectivity index is 1.60. The number of H-pyrrole nitrogens is 1. The fraction of sp³-hybridized carbons (Fsp3) is 0.150. The molecule has 0 aliphatic rings. The van der Waals surface area contributed by atoms with Gasteiger partial charge in [0.15, 0.2) is 5.82 Å². The third-order valence-corrected chi connectivity index (χ3v) is 5.94. The van der Waals surface area contributed by atoms with E-state index in [9.17, 15) is 0 Å². The van der Waals surface area contributed by atoms with Gasteiger partial charge in [0.2, 0.25) is 0 Å². The number of rotatable bonds is 5. The second kappa shape index (κ2) is 7.12. The Kier molecular flexibility index (Phi) is 4.46. The molecule has 0 radical (unpaired) electrons. The smallest absolute Gasteiger partial charge is 0.161 e. The van der Waals surface area contributed by atoms with Gasteiger partial charge in [-0.15, -0.1) is 11.3 Å². The van der Waals surface area contributed by atoms with E-state index in [0.29, 0.717) is 13.2 Å². The van der Waals surface area contributed by atoms with Crippen molar-refractivity contribution in [2.45, 2.75) is 6.54 Å². The topological polar surface area (TPSA) is 68.6 Å². The van der Waals surface area contributed by atoms with Crippen molar-refractivity contribution in [3.8, 4) is 22.9 Å². The van der Waals surface area contributed by atoms with Gasteiger partial charge >= 0.3 is 0 Å². The van der Waals surface area contributed by atoms with Crippen LogP contribution in [0.2, 0.25) is 0 Å². The van der Waals surface area contributed by atoms with Crippen LogP contribution >= 0.6 is 27.3 Å². The van der Waals surface area contributed by atoms with Crippen LogP contribution in [0.1, 0.15) is 0 Å². The number of imidazole rings is 2. The molecule has 140 valence electrons. The number of methoxy groups -OCH3 is 1. The van der Waals surface area contributed by atoms with E-state index in [4.69, 9.17) is 14.7 Å². The monoisotopic (exact) mass is 453 g/mol. The molecule has 2 aromatic carbocycles. The largest absolute Gasteiger partial charge is 0.383 e. The normalized spacial score (nSPS) is 11.6. The maximum Gasteiger partial charge on any atom is 0.161 e. The predicted octanol–water partition coefficient (Wildman–Crippen LogP) is 5.11. The van der Waals surface area contributed by atoms with Gasteiger partial charge in [-0.25, -0.2) is 15.0 Å². The first kappa shape index (κ1) is 17.5. The minimum Gasteiger partial charge on any atom is -0.383 e. The highest BCUT2D eigenvalue weighted by Crippen LogP contribution is 2.29. The molecule has 0 unspecified atom stereocenters. The van der Waals surface area contributed by atoms with Crippen LogP contribution in [-0.2, 0) is 11.3 Å². The molecule has 0 aliphatic carbocycles. The summed E-state index contributed by atoms with van der Waals surface area (Å²) < 4.78 is 9.63. The lowest BCUT2D eigenvalue weighted by Gasteiger charge is -2.07. The molecular weight excluding hydrogens is 438 g/mol. The van der Waals surface area contributed by atoms with E-state index in [2.05, 4.69) is 54.7 Å². The number of hydrogen-bond acceptors (Lipinski definition) is 5. The summed E-state index contributed by atoms with van der Waals surface area (Å²) in [6.45, 7) is 1.30. The zero-order valence-electron chi connectivity index (χ0n) is 15.0. The summed E-state index contributed by atoms with van der Waals surface area (Å²) in [5.74, 6) is 1.62. The van der Waals surface area contributed by atoms with Crippen LogP contribution in [0.15, 0.2) is 52.6 Å². The number of nitrogens with zero attached hydrogens (tertiary/aromatic N) is 4. The van der Waals surface area contributed by atoms with E-state index in [1.807, 2.05) is 23.8 Å². The van der Waals surface area contributed by atoms with Crippen molar-refractivity contribution in [3.05, 3.63) is 52.6 Å². The van der Waals surface area contributed by atoms with Gasteiger partial charge in [-0.1, -0.05) is 15.9 Å². The highest BCUT2D eigenvalue weighted by molar-refractivity contribution is 9.10. The number of nitrogens with one attached hydrogen (secondary N) is 1. The van der Waals surface area contributed by atoms with Crippen LogP contribution in [0.3, 0.4) is 0 Å². The average Bonchev–Trinajstić information content (AvgIpc) is 3.43.